The molecule has 0 heterocycles. The van der Waals surface area contributed by atoms with Gasteiger partial charge in [-0.1, -0.05) is 90.3 Å². The first-order valence-corrected chi connectivity index (χ1v) is 16.3. The van der Waals surface area contributed by atoms with Crippen molar-refractivity contribution in [2.75, 3.05) is 0 Å². The number of benzene rings is 4. The van der Waals surface area contributed by atoms with Gasteiger partial charge in [0.05, 0.1) is 0 Å². The summed E-state index contributed by atoms with van der Waals surface area (Å²) in [6.45, 7) is 15.8. The Morgan fingerprint density at radius 2 is 1.14 bits per heavy atom. The van der Waals surface area contributed by atoms with Crippen LogP contribution in [0.4, 0.5) is 0 Å². The monoisotopic (exact) mass is 626 g/mol. The van der Waals surface area contributed by atoms with Crippen LogP contribution in [-0.2, 0) is 35.1 Å². The Morgan fingerprint density at radius 1 is 0.690 bits per heavy atom. The third-order valence-corrected chi connectivity index (χ3v) is 9.13. The molecule has 0 saturated carbocycles. The molecule has 0 amide bonds. The summed E-state index contributed by atoms with van der Waals surface area (Å²) in [7, 11) is 0. The second-order valence-electron chi connectivity index (χ2n) is 13.0. The van der Waals surface area contributed by atoms with E-state index in [1.807, 2.05) is 0 Å². The molecule has 1 aliphatic carbocycles. The second kappa shape index (κ2) is 14.0. The molecule has 1 heteroatoms. The molecule has 0 nitrogen and oxygen atoms in total. The summed E-state index contributed by atoms with van der Waals surface area (Å²) in [5.74, 6) is 0. The average Bonchev–Trinajstić information content (AvgIpc) is 3.65. The summed E-state index contributed by atoms with van der Waals surface area (Å²) in [6.07, 6.45) is 9.65. The SMILES string of the molecule is CC(C)(C)c1ccc2c(c1)[cH-]c1cc(C(C)(C)C)ccc12.CCC1=[C-]CC=C1.[Zr+2]=[C](c1ccccc1)c1ccccc1. The van der Waals surface area contributed by atoms with E-state index < -0.39 is 0 Å². The maximum absolute atomic E-state index is 3.21. The van der Waals surface area contributed by atoms with Gasteiger partial charge in [0.15, 0.2) is 0 Å². The van der Waals surface area contributed by atoms with E-state index in [1.165, 1.54) is 76.8 Å². The van der Waals surface area contributed by atoms with Crippen molar-refractivity contribution in [3.8, 4) is 0 Å². The fourth-order valence-electron chi connectivity index (χ4n) is 5.02. The molecule has 0 saturated heterocycles. The van der Waals surface area contributed by atoms with Crippen LogP contribution in [0.2, 0.25) is 0 Å². The summed E-state index contributed by atoms with van der Waals surface area (Å²) in [6, 6.07) is 37.3. The van der Waals surface area contributed by atoms with Crippen molar-refractivity contribution in [2.24, 2.45) is 0 Å². The van der Waals surface area contributed by atoms with Gasteiger partial charge in [-0.3, -0.25) is 6.08 Å². The van der Waals surface area contributed by atoms with Crippen LogP contribution in [0.15, 0.2) is 121 Å². The molecule has 5 aromatic carbocycles. The van der Waals surface area contributed by atoms with Crippen molar-refractivity contribution >= 4 is 24.8 Å². The van der Waals surface area contributed by atoms with Crippen molar-refractivity contribution in [3.63, 3.8) is 0 Å². The number of rotatable bonds is 3. The maximum atomic E-state index is 3.21. The molecule has 0 fully saturated rings. The zero-order valence-electron chi connectivity index (χ0n) is 26.4. The van der Waals surface area contributed by atoms with E-state index in [-0.39, 0.29) is 10.8 Å². The van der Waals surface area contributed by atoms with Crippen LogP contribution in [0.3, 0.4) is 0 Å². The van der Waals surface area contributed by atoms with E-state index in [2.05, 4.69) is 170 Å². The van der Waals surface area contributed by atoms with Crippen molar-refractivity contribution in [2.45, 2.75) is 72.1 Å². The Bertz CT molecular complexity index is 1570. The molecule has 0 bridgehead atoms. The fraction of sp³-hybridized carbons (Fsp3) is 0.268. The zero-order valence-corrected chi connectivity index (χ0v) is 28.8. The number of hydrogen-bond donors (Lipinski definition) is 0. The molecule has 6 rings (SSSR count). The van der Waals surface area contributed by atoms with Crippen molar-refractivity contribution in [1.82, 2.24) is 0 Å². The third-order valence-electron chi connectivity index (χ3n) is 7.71. The summed E-state index contributed by atoms with van der Waals surface area (Å²) in [5.41, 5.74) is 7.24. The van der Waals surface area contributed by atoms with E-state index in [0.717, 1.165) is 12.8 Å². The summed E-state index contributed by atoms with van der Waals surface area (Å²) < 4.78 is 1.42. The quantitative estimate of drug-likeness (QED) is 0.175. The normalized spacial score (nSPS) is 12.8. The van der Waals surface area contributed by atoms with Gasteiger partial charge in [-0.2, -0.15) is 6.08 Å². The van der Waals surface area contributed by atoms with Crippen molar-refractivity contribution in [3.05, 3.63) is 149 Å². The molecular formula is C41H44Zr. The third kappa shape index (κ3) is 8.29. The zero-order chi connectivity index (χ0) is 30.3. The molecular weight excluding hydrogens is 584 g/mol. The summed E-state index contributed by atoms with van der Waals surface area (Å²) >= 11 is 1.46. The molecule has 0 N–H and O–H groups in total. The number of allylic oxidation sites excluding steroid dienone is 4. The molecule has 1 aliphatic rings. The molecule has 0 aliphatic heterocycles. The van der Waals surface area contributed by atoms with Gasteiger partial charge in [0.25, 0.3) is 0 Å². The van der Waals surface area contributed by atoms with Gasteiger partial charge in [0.1, 0.15) is 0 Å². The Balaban J connectivity index is 0.000000165. The van der Waals surface area contributed by atoms with E-state index in [0.29, 0.717) is 0 Å². The first-order chi connectivity index (χ1) is 20.0. The molecule has 0 atom stereocenters. The minimum absolute atomic E-state index is 0.203. The van der Waals surface area contributed by atoms with E-state index in [4.69, 9.17) is 0 Å². The van der Waals surface area contributed by atoms with Gasteiger partial charge in [-0.05, 0) is 10.8 Å². The Hall–Kier alpha value is -3.02. The molecule has 5 aromatic rings. The number of fused-ring (bicyclic) bond motifs is 3. The summed E-state index contributed by atoms with van der Waals surface area (Å²) in [5, 5.41) is 5.48. The van der Waals surface area contributed by atoms with Crippen LogP contribution >= 0.6 is 0 Å². The topological polar surface area (TPSA) is 0 Å². The van der Waals surface area contributed by atoms with Crippen LogP contribution in [0.25, 0.3) is 21.5 Å². The van der Waals surface area contributed by atoms with Gasteiger partial charge < -0.3 is 0 Å². The first kappa shape index (κ1) is 31.9. The predicted octanol–water partition coefficient (Wildman–Crippen LogP) is 11.2. The molecule has 0 radical (unpaired) electrons. The van der Waals surface area contributed by atoms with Gasteiger partial charge >= 0.3 is 99.2 Å². The van der Waals surface area contributed by atoms with E-state index >= 15 is 0 Å². The molecule has 0 aromatic heterocycles. The average molecular weight is 628 g/mol. The molecule has 42 heavy (non-hydrogen) atoms. The van der Waals surface area contributed by atoms with Crippen LogP contribution in [0.5, 0.6) is 0 Å². The van der Waals surface area contributed by atoms with E-state index in [1.54, 1.807) is 0 Å². The summed E-state index contributed by atoms with van der Waals surface area (Å²) in [4.78, 5) is 0. The first-order valence-electron chi connectivity index (χ1n) is 15.1. The van der Waals surface area contributed by atoms with Crippen LogP contribution in [0, 0.1) is 6.08 Å². The number of hydrogen-bond acceptors (Lipinski definition) is 0. The van der Waals surface area contributed by atoms with Gasteiger partial charge in [-0.25, -0.2) is 11.6 Å². The van der Waals surface area contributed by atoms with Crippen molar-refractivity contribution < 1.29 is 24.2 Å². The fourth-order valence-corrected chi connectivity index (χ4v) is 5.84. The Labute approximate surface area is 268 Å². The second-order valence-corrected chi connectivity index (χ2v) is 14.2. The van der Waals surface area contributed by atoms with Crippen LogP contribution in [-0.4, -0.2) is 3.21 Å². The molecule has 0 unspecified atom stereocenters. The standard InChI is InChI=1S/C21H25.C13H10.C7H9.Zr/c1-20(2,3)16-7-9-18-14(12-16)11-15-13-17(21(4,5)6)8-10-19(15)18;1-3-7-12(8-4-1)11-13-9-5-2-6-10-13;1-2-7-5-3-4-6-7;/h7-13H,1-6H3;1-10H;3,5H,2,4H2,1H3;/q-1;;-1;+2. The van der Waals surface area contributed by atoms with Crippen LogP contribution < -0.4 is 0 Å². The van der Waals surface area contributed by atoms with E-state index in [9.17, 15) is 0 Å². The van der Waals surface area contributed by atoms with Gasteiger partial charge in [0.2, 0.25) is 0 Å². The van der Waals surface area contributed by atoms with Crippen molar-refractivity contribution in [1.29, 1.82) is 0 Å². The van der Waals surface area contributed by atoms with Gasteiger partial charge in [0, 0.05) is 0 Å². The van der Waals surface area contributed by atoms with Crippen LogP contribution in [0.1, 0.15) is 83.6 Å². The van der Waals surface area contributed by atoms with Gasteiger partial charge in [-0.15, -0.1) is 46.2 Å². The predicted molar refractivity (Wildman–Crippen MR) is 181 cm³/mol. The minimum atomic E-state index is 0.203. The Kier molecular flexibility index (Phi) is 10.6. The Morgan fingerprint density at radius 3 is 1.48 bits per heavy atom. The molecule has 0 spiro atoms. The molecule has 212 valence electrons.